The molecule has 1 unspecified atom stereocenters. The molecule has 4 rings (SSSR count). The van der Waals surface area contributed by atoms with Gasteiger partial charge in [-0.15, -0.1) is 24.2 Å². The van der Waals surface area contributed by atoms with Gasteiger partial charge in [0.2, 0.25) is 0 Å². The molecule has 0 saturated carbocycles. The fraction of sp³-hybridized carbons (Fsp3) is 0.286. The van der Waals surface area contributed by atoms with E-state index in [2.05, 4.69) is 0 Å². The predicted molar refractivity (Wildman–Crippen MR) is 112 cm³/mol. The van der Waals surface area contributed by atoms with Crippen molar-refractivity contribution in [1.29, 1.82) is 0 Å². The lowest BCUT2D eigenvalue weighted by molar-refractivity contribution is 0.0757. The first kappa shape index (κ1) is 20.7. The van der Waals surface area contributed by atoms with Crippen molar-refractivity contribution in [2.24, 2.45) is 11.7 Å². The predicted octanol–water partition coefficient (Wildman–Crippen LogP) is 4.71. The number of carbonyl (C=O) groups is 1. The third kappa shape index (κ3) is 4.04. The summed E-state index contributed by atoms with van der Waals surface area (Å²) in [4.78, 5) is 15.5. The maximum absolute atomic E-state index is 14.0. The number of halogens is 2. The zero-order chi connectivity index (χ0) is 18.8. The Morgan fingerprint density at radius 1 is 1.21 bits per heavy atom. The van der Waals surface area contributed by atoms with E-state index in [9.17, 15) is 9.18 Å². The quantitative estimate of drug-likeness (QED) is 0.607. The third-order valence-corrected chi connectivity index (χ3v) is 6.08. The normalized spacial score (nSPS) is 16.4. The van der Waals surface area contributed by atoms with Crippen LogP contribution in [0.2, 0.25) is 0 Å². The number of hydrogen-bond acceptors (Lipinski definition) is 4. The van der Waals surface area contributed by atoms with Crippen molar-refractivity contribution in [3.8, 4) is 0 Å². The number of para-hydroxylation sites is 1. The van der Waals surface area contributed by atoms with Gasteiger partial charge in [-0.25, -0.2) is 4.39 Å². The molecular formula is C21H22ClFN2O2S. The van der Waals surface area contributed by atoms with Crippen LogP contribution in [-0.4, -0.2) is 30.4 Å². The van der Waals surface area contributed by atoms with Crippen LogP contribution in [0.5, 0.6) is 0 Å². The number of furan rings is 1. The van der Waals surface area contributed by atoms with Crippen LogP contribution in [0.4, 0.5) is 4.39 Å². The van der Waals surface area contributed by atoms with Gasteiger partial charge in [0.05, 0.1) is 0 Å². The van der Waals surface area contributed by atoms with E-state index in [0.29, 0.717) is 47.5 Å². The summed E-state index contributed by atoms with van der Waals surface area (Å²) in [5.74, 6) is 0.805. The highest BCUT2D eigenvalue weighted by molar-refractivity contribution is 7.98. The average Bonchev–Trinajstić information content (AvgIpc) is 3.32. The lowest BCUT2D eigenvalue weighted by Crippen LogP contribution is -2.30. The van der Waals surface area contributed by atoms with Gasteiger partial charge in [0.25, 0.3) is 5.91 Å². The summed E-state index contributed by atoms with van der Waals surface area (Å²) in [6.45, 7) is 1.93. The van der Waals surface area contributed by atoms with E-state index in [0.717, 1.165) is 17.4 Å². The number of amides is 1. The molecule has 0 aliphatic carbocycles. The first-order valence-electron chi connectivity index (χ1n) is 9.04. The molecule has 1 saturated heterocycles. The molecule has 1 atom stereocenters. The largest absolute Gasteiger partial charge is 0.451 e. The van der Waals surface area contributed by atoms with Crippen LogP contribution in [0, 0.1) is 11.7 Å². The molecule has 2 heterocycles. The summed E-state index contributed by atoms with van der Waals surface area (Å²) >= 11 is 1.37. The van der Waals surface area contributed by atoms with Crippen LogP contribution in [0.3, 0.4) is 0 Å². The second-order valence-corrected chi connectivity index (χ2v) is 7.78. The van der Waals surface area contributed by atoms with E-state index in [1.807, 2.05) is 35.2 Å². The Hall–Kier alpha value is -2.02. The highest BCUT2D eigenvalue weighted by Crippen LogP contribution is 2.34. The molecule has 1 amide bonds. The topological polar surface area (TPSA) is 59.5 Å². The number of fused-ring (bicyclic) bond motifs is 1. The minimum atomic E-state index is -0.256. The Kier molecular flexibility index (Phi) is 6.65. The summed E-state index contributed by atoms with van der Waals surface area (Å²) in [6, 6.07) is 14.3. The first-order valence-corrected chi connectivity index (χ1v) is 10.0. The Morgan fingerprint density at radius 2 is 1.96 bits per heavy atom. The van der Waals surface area contributed by atoms with Crippen LogP contribution < -0.4 is 5.73 Å². The lowest BCUT2D eigenvalue weighted by Gasteiger charge is -2.15. The fourth-order valence-electron chi connectivity index (χ4n) is 3.48. The van der Waals surface area contributed by atoms with Crippen molar-refractivity contribution >= 4 is 41.0 Å². The molecule has 3 aromatic rings. The molecule has 4 nitrogen and oxygen atoms in total. The van der Waals surface area contributed by atoms with Crippen molar-refractivity contribution in [3.63, 3.8) is 0 Å². The molecule has 1 aliphatic heterocycles. The van der Waals surface area contributed by atoms with Gasteiger partial charge in [-0.3, -0.25) is 4.79 Å². The molecule has 148 valence electrons. The number of nitrogens with two attached hydrogens (primary N) is 1. The second kappa shape index (κ2) is 8.99. The number of benzene rings is 2. The molecule has 1 fully saturated rings. The van der Waals surface area contributed by atoms with Crippen LogP contribution in [-0.2, 0) is 5.75 Å². The lowest BCUT2D eigenvalue weighted by atomic mass is 10.1. The SMILES string of the molecule is Cl.NCC1CCN(C(=O)c2oc3ccccc3c2CSc2ccccc2F)C1. The van der Waals surface area contributed by atoms with Gasteiger partial charge < -0.3 is 15.1 Å². The van der Waals surface area contributed by atoms with Crippen LogP contribution in [0.15, 0.2) is 57.8 Å². The minimum Gasteiger partial charge on any atom is -0.451 e. The van der Waals surface area contributed by atoms with Crippen molar-refractivity contribution in [3.05, 3.63) is 65.7 Å². The summed E-state index contributed by atoms with van der Waals surface area (Å²) in [5, 5.41) is 0.902. The van der Waals surface area contributed by atoms with Crippen molar-refractivity contribution in [2.75, 3.05) is 19.6 Å². The van der Waals surface area contributed by atoms with Crippen molar-refractivity contribution in [2.45, 2.75) is 17.1 Å². The van der Waals surface area contributed by atoms with Gasteiger partial charge in [-0.05, 0) is 37.1 Å². The number of hydrogen-bond donors (Lipinski definition) is 1. The molecule has 2 N–H and O–H groups in total. The van der Waals surface area contributed by atoms with Gasteiger partial charge in [-0.2, -0.15) is 0 Å². The maximum atomic E-state index is 14.0. The number of rotatable bonds is 5. The number of thioether (sulfide) groups is 1. The van der Waals surface area contributed by atoms with Gasteiger partial charge in [-0.1, -0.05) is 30.3 Å². The molecular weight excluding hydrogens is 399 g/mol. The number of nitrogens with zero attached hydrogens (tertiary/aromatic N) is 1. The molecule has 0 bridgehead atoms. The zero-order valence-corrected chi connectivity index (χ0v) is 16.9. The van der Waals surface area contributed by atoms with Crippen molar-refractivity contribution < 1.29 is 13.6 Å². The smallest absolute Gasteiger partial charge is 0.289 e. The monoisotopic (exact) mass is 420 g/mol. The second-order valence-electron chi connectivity index (χ2n) is 6.77. The summed E-state index contributed by atoms with van der Waals surface area (Å²) in [7, 11) is 0. The molecule has 2 aromatic carbocycles. The molecule has 1 aromatic heterocycles. The van der Waals surface area contributed by atoms with Crippen LogP contribution in [0.1, 0.15) is 22.5 Å². The highest BCUT2D eigenvalue weighted by atomic mass is 35.5. The average molecular weight is 421 g/mol. The number of carbonyl (C=O) groups excluding carboxylic acids is 1. The summed E-state index contributed by atoms with van der Waals surface area (Å²) < 4.78 is 19.9. The summed E-state index contributed by atoms with van der Waals surface area (Å²) in [5.41, 5.74) is 7.25. The Morgan fingerprint density at radius 3 is 2.71 bits per heavy atom. The van der Waals surface area contributed by atoms with E-state index < -0.39 is 0 Å². The van der Waals surface area contributed by atoms with E-state index in [-0.39, 0.29) is 24.1 Å². The van der Waals surface area contributed by atoms with Gasteiger partial charge in [0.1, 0.15) is 11.4 Å². The molecule has 7 heteroatoms. The van der Waals surface area contributed by atoms with E-state index >= 15 is 0 Å². The van der Waals surface area contributed by atoms with Crippen LogP contribution in [0.25, 0.3) is 11.0 Å². The standard InChI is InChI=1S/C21H21FN2O2S.ClH/c22-17-6-2-4-8-19(17)27-13-16-15-5-1-3-7-18(15)26-20(16)21(25)24-10-9-14(11-23)12-24;/h1-8,14H,9-13,23H2;1H. The summed E-state index contributed by atoms with van der Waals surface area (Å²) in [6.07, 6.45) is 0.918. The maximum Gasteiger partial charge on any atom is 0.289 e. The van der Waals surface area contributed by atoms with E-state index in [4.69, 9.17) is 10.2 Å². The highest BCUT2D eigenvalue weighted by Gasteiger charge is 2.30. The molecule has 0 spiro atoms. The van der Waals surface area contributed by atoms with Gasteiger partial charge in [0.15, 0.2) is 5.76 Å². The zero-order valence-electron chi connectivity index (χ0n) is 15.3. The van der Waals surface area contributed by atoms with Gasteiger partial charge in [0, 0.05) is 34.7 Å². The Bertz CT molecular complexity index is 978. The van der Waals surface area contributed by atoms with Crippen molar-refractivity contribution in [1.82, 2.24) is 4.90 Å². The Balaban J connectivity index is 0.00000225. The number of likely N-dealkylation sites (tertiary alicyclic amines) is 1. The first-order chi connectivity index (χ1) is 13.2. The third-order valence-electron chi connectivity index (χ3n) is 5.01. The van der Waals surface area contributed by atoms with E-state index in [1.54, 1.807) is 12.1 Å². The van der Waals surface area contributed by atoms with E-state index in [1.165, 1.54) is 17.8 Å². The van der Waals surface area contributed by atoms with Gasteiger partial charge >= 0.3 is 0 Å². The minimum absolute atomic E-state index is 0. The van der Waals surface area contributed by atoms with Crippen LogP contribution >= 0.6 is 24.2 Å². The fourth-order valence-corrected chi connectivity index (χ4v) is 4.45. The molecule has 0 radical (unpaired) electrons. The molecule has 28 heavy (non-hydrogen) atoms. The Labute approximate surface area is 173 Å². The molecule has 1 aliphatic rings.